The Morgan fingerprint density at radius 2 is 2.16 bits per heavy atom. The fourth-order valence-corrected chi connectivity index (χ4v) is 3.08. The molecule has 1 aromatic rings. The second kappa shape index (κ2) is 5.23. The van der Waals surface area contributed by atoms with E-state index >= 15 is 0 Å². The zero-order chi connectivity index (χ0) is 13.4. The first-order valence-electron chi connectivity index (χ1n) is 6.69. The molecular formula is C14H18BrN3O. The molecule has 1 N–H and O–H groups in total. The molecule has 1 amide bonds. The van der Waals surface area contributed by atoms with Crippen LogP contribution in [-0.2, 0) is 4.79 Å². The van der Waals surface area contributed by atoms with E-state index in [2.05, 4.69) is 39.1 Å². The molecule has 2 aliphatic rings. The fourth-order valence-electron chi connectivity index (χ4n) is 2.83. The van der Waals surface area contributed by atoms with E-state index in [-0.39, 0.29) is 11.9 Å². The molecule has 0 radical (unpaired) electrons. The Morgan fingerprint density at radius 3 is 2.95 bits per heavy atom. The molecular weight excluding hydrogens is 306 g/mol. The fraction of sp³-hybridized carbons (Fsp3) is 0.500. The summed E-state index contributed by atoms with van der Waals surface area (Å²) < 4.78 is 1.08. The van der Waals surface area contributed by atoms with Crippen LogP contribution in [0.25, 0.3) is 0 Å². The topological polar surface area (TPSA) is 35.6 Å². The molecule has 4 nitrogen and oxygen atoms in total. The number of carbonyl (C=O) groups excluding carboxylic acids is 1. The Labute approximate surface area is 121 Å². The predicted octanol–water partition coefficient (Wildman–Crippen LogP) is 1.38. The van der Waals surface area contributed by atoms with Crippen LogP contribution >= 0.6 is 15.9 Å². The van der Waals surface area contributed by atoms with Crippen LogP contribution in [0.15, 0.2) is 22.7 Å². The van der Waals surface area contributed by atoms with Crippen molar-refractivity contribution in [3.8, 4) is 0 Å². The lowest BCUT2D eigenvalue weighted by Crippen LogP contribution is -2.64. The summed E-state index contributed by atoms with van der Waals surface area (Å²) in [4.78, 5) is 16.8. The Morgan fingerprint density at radius 1 is 1.32 bits per heavy atom. The average molecular weight is 324 g/mol. The van der Waals surface area contributed by atoms with Gasteiger partial charge in [0, 0.05) is 42.9 Å². The monoisotopic (exact) mass is 323 g/mol. The van der Waals surface area contributed by atoms with Crippen molar-refractivity contribution in [3.63, 3.8) is 0 Å². The van der Waals surface area contributed by atoms with Crippen molar-refractivity contribution in [2.45, 2.75) is 13.0 Å². The molecule has 0 aliphatic carbocycles. The van der Waals surface area contributed by atoms with E-state index in [1.165, 1.54) is 0 Å². The summed E-state index contributed by atoms with van der Waals surface area (Å²) in [6.45, 7) is 6.54. The van der Waals surface area contributed by atoms with E-state index in [1.54, 1.807) is 0 Å². The molecule has 1 aromatic carbocycles. The minimum atomic E-state index is 0.00597. The number of piperazine rings is 2. The highest BCUT2D eigenvalue weighted by molar-refractivity contribution is 9.10. The van der Waals surface area contributed by atoms with Crippen molar-refractivity contribution in [2.24, 2.45) is 0 Å². The van der Waals surface area contributed by atoms with E-state index in [1.807, 2.05) is 17.0 Å². The normalized spacial score (nSPS) is 24.4. The van der Waals surface area contributed by atoms with Crippen LogP contribution in [0.1, 0.15) is 5.56 Å². The standard InChI is InChI=1S/C14H18BrN3O/c1-10-8-11(2-3-12(10)15)18-7-6-17-5-4-16-9-13(17)14(18)19/h2-3,8,13,16H,4-7,9H2,1H3. The number of nitrogens with zero attached hydrogens (tertiary/aromatic N) is 2. The van der Waals surface area contributed by atoms with E-state index in [4.69, 9.17) is 0 Å². The van der Waals surface area contributed by atoms with E-state index in [9.17, 15) is 4.79 Å². The Kier molecular flexibility index (Phi) is 3.60. The molecule has 2 aliphatic heterocycles. The largest absolute Gasteiger partial charge is 0.313 e. The van der Waals surface area contributed by atoms with Crippen LogP contribution < -0.4 is 10.2 Å². The van der Waals surface area contributed by atoms with E-state index in [0.717, 1.165) is 48.4 Å². The van der Waals surface area contributed by atoms with Crippen molar-refractivity contribution >= 4 is 27.5 Å². The highest BCUT2D eigenvalue weighted by Gasteiger charge is 2.36. The third-order valence-electron chi connectivity index (χ3n) is 3.97. The molecule has 3 rings (SSSR count). The zero-order valence-corrected chi connectivity index (χ0v) is 12.6. The van der Waals surface area contributed by atoms with Gasteiger partial charge in [-0.25, -0.2) is 0 Å². The van der Waals surface area contributed by atoms with Crippen molar-refractivity contribution in [2.75, 3.05) is 37.6 Å². The summed E-state index contributed by atoms with van der Waals surface area (Å²) in [5.41, 5.74) is 2.17. The third kappa shape index (κ3) is 2.42. The highest BCUT2D eigenvalue weighted by Crippen LogP contribution is 2.25. The molecule has 0 saturated carbocycles. The molecule has 19 heavy (non-hydrogen) atoms. The van der Waals surface area contributed by atoms with E-state index < -0.39 is 0 Å². The van der Waals surface area contributed by atoms with Gasteiger partial charge < -0.3 is 10.2 Å². The van der Waals surface area contributed by atoms with Crippen LogP contribution in [0.4, 0.5) is 5.69 Å². The van der Waals surface area contributed by atoms with E-state index in [0.29, 0.717) is 0 Å². The number of amides is 1. The van der Waals surface area contributed by atoms with Crippen molar-refractivity contribution in [1.29, 1.82) is 0 Å². The summed E-state index contributed by atoms with van der Waals surface area (Å²) >= 11 is 3.50. The van der Waals surface area contributed by atoms with Gasteiger partial charge in [0.25, 0.3) is 0 Å². The first kappa shape index (κ1) is 13.1. The van der Waals surface area contributed by atoms with Gasteiger partial charge in [0.15, 0.2) is 0 Å². The lowest BCUT2D eigenvalue weighted by molar-refractivity contribution is -0.126. The number of hydrogen-bond donors (Lipinski definition) is 1. The third-order valence-corrected chi connectivity index (χ3v) is 4.86. The number of anilines is 1. The summed E-state index contributed by atoms with van der Waals surface area (Å²) in [7, 11) is 0. The molecule has 5 heteroatoms. The number of benzene rings is 1. The molecule has 2 fully saturated rings. The minimum Gasteiger partial charge on any atom is -0.313 e. The van der Waals surface area contributed by atoms with Crippen molar-refractivity contribution in [3.05, 3.63) is 28.2 Å². The second-order valence-corrected chi connectivity index (χ2v) is 6.03. The minimum absolute atomic E-state index is 0.00597. The van der Waals surface area contributed by atoms with Crippen LogP contribution in [0.2, 0.25) is 0 Å². The lowest BCUT2D eigenvalue weighted by Gasteiger charge is -2.43. The van der Waals surface area contributed by atoms with Gasteiger partial charge >= 0.3 is 0 Å². The molecule has 2 saturated heterocycles. The lowest BCUT2D eigenvalue weighted by atomic mass is 10.1. The first-order chi connectivity index (χ1) is 9.16. The van der Waals surface area contributed by atoms with Gasteiger partial charge in [-0.2, -0.15) is 0 Å². The van der Waals surface area contributed by atoms with Crippen LogP contribution in [0, 0.1) is 6.92 Å². The Hall–Kier alpha value is -0.910. The Bertz CT molecular complexity index is 505. The van der Waals surface area contributed by atoms with Gasteiger partial charge in [-0.3, -0.25) is 9.69 Å². The summed E-state index contributed by atoms with van der Waals surface area (Å²) in [6.07, 6.45) is 0. The van der Waals surface area contributed by atoms with Crippen LogP contribution in [0.3, 0.4) is 0 Å². The van der Waals surface area contributed by atoms with Crippen LogP contribution in [0.5, 0.6) is 0 Å². The maximum Gasteiger partial charge on any atom is 0.245 e. The second-order valence-electron chi connectivity index (χ2n) is 5.18. The SMILES string of the molecule is Cc1cc(N2CCN3CCNCC3C2=O)ccc1Br. The van der Waals surface area contributed by atoms with Crippen molar-refractivity contribution < 1.29 is 4.79 Å². The molecule has 1 atom stereocenters. The van der Waals surface area contributed by atoms with Gasteiger partial charge in [-0.15, -0.1) is 0 Å². The number of rotatable bonds is 1. The maximum atomic E-state index is 12.6. The van der Waals surface area contributed by atoms with Crippen molar-refractivity contribution in [1.82, 2.24) is 10.2 Å². The van der Waals surface area contributed by atoms with Gasteiger partial charge in [-0.1, -0.05) is 15.9 Å². The van der Waals surface area contributed by atoms with Crippen LogP contribution in [-0.4, -0.2) is 49.6 Å². The summed E-state index contributed by atoms with van der Waals surface area (Å²) in [6, 6.07) is 6.12. The molecule has 0 spiro atoms. The molecule has 102 valence electrons. The van der Waals surface area contributed by atoms with Gasteiger partial charge in [0.1, 0.15) is 6.04 Å². The number of hydrogen-bond acceptors (Lipinski definition) is 3. The highest BCUT2D eigenvalue weighted by atomic mass is 79.9. The summed E-state index contributed by atoms with van der Waals surface area (Å²) in [5.74, 6) is 0.222. The first-order valence-corrected chi connectivity index (χ1v) is 7.48. The molecule has 1 unspecified atom stereocenters. The number of aryl methyl sites for hydroxylation is 1. The van der Waals surface area contributed by atoms with Gasteiger partial charge in [0.05, 0.1) is 0 Å². The number of nitrogens with one attached hydrogen (secondary N) is 1. The smallest absolute Gasteiger partial charge is 0.245 e. The number of fused-ring (bicyclic) bond motifs is 1. The Balaban J connectivity index is 1.85. The predicted molar refractivity (Wildman–Crippen MR) is 79.5 cm³/mol. The quantitative estimate of drug-likeness (QED) is 0.848. The zero-order valence-electron chi connectivity index (χ0n) is 11.0. The van der Waals surface area contributed by atoms with Gasteiger partial charge in [0.2, 0.25) is 5.91 Å². The maximum absolute atomic E-state index is 12.6. The summed E-state index contributed by atoms with van der Waals surface area (Å²) in [5, 5.41) is 3.31. The molecule has 0 aromatic heterocycles. The van der Waals surface area contributed by atoms with Gasteiger partial charge in [-0.05, 0) is 30.7 Å². The molecule has 0 bridgehead atoms. The number of halogens is 1. The number of carbonyl (C=O) groups is 1. The molecule has 2 heterocycles. The average Bonchev–Trinajstić information content (AvgIpc) is 2.43.